The molecule has 1 saturated carbocycles. The number of anilines is 2. The molecule has 3 aromatic rings. The van der Waals surface area contributed by atoms with Crippen LogP contribution in [0.25, 0.3) is 5.65 Å². The van der Waals surface area contributed by atoms with Gasteiger partial charge in [-0.1, -0.05) is 31.4 Å². The molecule has 0 spiro atoms. The zero-order chi connectivity index (χ0) is 20.4. The Balaban J connectivity index is 1.58. The maximum atomic E-state index is 12.8. The van der Waals surface area contributed by atoms with Gasteiger partial charge in [0.1, 0.15) is 6.54 Å². The molecule has 1 amide bonds. The summed E-state index contributed by atoms with van der Waals surface area (Å²) in [4.78, 5) is 31.8. The molecule has 2 aromatic heterocycles. The molecule has 1 aromatic carbocycles. The molecule has 152 valence electrons. The predicted molar refractivity (Wildman–Crippen MR) is 112 cm³/mol. The summed E-state index contributed by atoms with van der Waals surface area (Å²) in [6, 6.07) is 7.93. The van der Waals surface area contributed by atoms with Crippen molar-refractivity contribution in [2.75, 3.05) is 17.3 Å². The zero-order valence-electron chi connectivity index (χ0n) is 16.8. The Kier molecular flexibility index (Phi) is 5.33. The molecular weight excluding hydrogens is 368 g/mol. The molecule has 2 heterocycles. The lowest BCUT2D eigenvalue weighted by Gasteiger charge is -2.31. The van der Waals surface area contributed by atoms with Crippen molar-refractivity contribution in [1.82, 2.24) is 19.2 Å². The minimum absolute atomic E-state index is 0.152. The average molecular weight is 394 g/mol. The molecule has 0 radical (unpaired) electrons. The van der Waals surface area contributed by atoms with Crippen molar-refractivity contribution < 1.29 is 4.79 Å². The summed E-state index contributed by atoms with van der Waals surface area (Å²) in [6.07, 6.45) is 9.12. The lowest BCUT2D eigenvalue weighted by molar-refractivity contribution is -0.117. The van der Waals surface area contributed by atoms with E-state index in [1.165, 1.54) is 28.3 Å². The highest BCUT2D eigenvalue weighted by Gasteiger charge is 2.23. The fraction of sp³-hybridized carbons (Fsp3) is 0.429. The van der Waals surface area contributed by atoms with Gasteiger partial charge < -0.3 is 10.2 Å². The number of fused-ring (bicyclic) bond motifs is 1. The Morgan fingerprint density at radius 3 is 2.83 bits per heavy atom. The fourth-order valence-electron chi connectivity index (χ4n) is 3.99. The van der Waals surface area contributed by atoms with E-state index >= 15 is 0 Å². The molecule has 29 heavy (non-hydrogen) atoms. The van der Waals surface area contributed by atoms with Gasteiger partial charge in [-0.05, 0) is 37.5 Å². The molecule has 8 nitrogen and oxygen atoms in total. The zero-order valence-corrected chi connectivity index (χ0v) is 16.8. The molecule has 0 bridgehead atoms. The largest absolute Gasteiger partial charge is 0.354 e. The topological polar surface area (TPSA) is 84.5 Å². The van der Waals surface area contributed by atoms with Crippen molar-refractivity contribution >= 4 is 23.1 Å². The van der Waals surface area contributed by atoms with Gasteiger partial charge >= 0.3 is 5.69 Å². The third kappa shape index (κ3) is 4.01. The van der Waals surface area contributed by atoms with Gasteiger partial charge in [-0.2, -0.15) is 0 Å². The third-order valence-corrected chi connectivity index (χ3v) is 5.53. The number of carbonyl (C=O) groups is 1. The number of aryl methyl sites for hydroxylation is 1. The van der Waals surface area contributed by atoms with Crippen LogP contribution >= 0.6 is 0 Å². The van der Waals surface area contributed by atoms with Gasteiger partial charge in [0.25, 0.3) is 0 Å². The lowest BCUT2D eigenvalue weighted by Crippen LogP contribution is -2.34. The number of nitrogens with one attached hydrogen (secondary N) is 1. The Morgan fingerprint density at radius 2 is 2.07 bits per heavy atom. The van der Waals surface area contributed by atoms with E-state index in [0.717, 1.165) is 18.4 Å². The summed E-state index contributed by atoms with van der Waals surface area (Å²) in [5.41, 5.74) is 1.88. The van der Waals surface area contributed by atoms with Crippen molar-refractivity contribution in [2.24, 2.45) is 0 Å². The first kappa shape index (κ1) is 19.2. The monoisotopic (exact) mass is 394 g/mol. The first-order valence-corrected chi connectivity index (χ1v) is 10.1. The second-order valence-electron chi connectivity index (χ2n) is 7.71. The number of hydrogen-bond acceptors (Lipinski definition) is 5. The summed E-state index contributed by atoms with van der Waals surface area (Å²) in [7, 11) is 2.01. The molecule has 0 unspecified atom stereocenters. The number of rotatable bonds is 5. The summed E-state index contributed by atoms with van der Waals surface area (Å²) in [6.45, 7) is 1.81. The maximum Gasteiger partial charge on any atom is 0.350 e. The standard InChI is InChI=1S/C21H26N6O2/c1-15-7-6-8-16(13-15)23-18(28)14-27-21(29)26-12-11-22-19(20(26)24-27)25(2)17-9-4-3-5-10-17/h6-8,11-13,17H,3-5,9-10,14H2,1-2H3,(H,23,28). The quantitative estimate of drug-likeness (QED) is 0.719. The normalized spacial score (nSPS) is 14.8. The molecule has 8 heteroatoms. The molecule has 4 rings (SSSR count). The van der Waals surface area contributed by atoms with E-state index in [0.29, 0.717) is 23.2 Å². The van der Waals surface area contributed by atoms with Crippen LogP contribution in [-0.2, 0) is 11.3 Å². The number of benzene rings is 1. The second-order valence-corrected chi connectivity index (χ2v) is 7.71. The molecule has 1 N–H and O–H groups in total. The van der Waals surface area contributed by atoms with E-state index in [4.69, 9.17) is 0 Å². The maximum absolute atomic E-state index is 12.8. The molecule has 1 aliphatic carbocycles. The highest BCUT2D eigenvalue weighted by Crippen LogP contribution is 2.26. The Hall–Kier alpha value is -3.16. The van der Waals surface area contributed by atoms with E-state index in [2.05, 4.69) is 20.3 Å². The van der Waals surface area contributed by atoms with Crippen molar-refractivity contribution in [3.8, 4) is 0 Å². The number of aromatic nitrogens is 4. The van der Waals surface area contributed by atoms with Crippen LogP contribution in [0.4, 0.5) is 11.5 Å². The van der Waals surface area contributed by atoms with Crippen molar-refractivity contribution in [1.29, 1.82) is 0 Å². The minimum atomic E-state index is -0.347. The van der Waals surface area contributed by atoms with Gasteiger partial charge in [-0.15, -0.1) is 5.10 Å². The van der Waals surface area contributed by atoms with Gasteiger partial charge in [0.05, 0.1) is 0 Å². The SMILES string of the molecule is Cc1cccc(NC(=O)Cn2nc3c(N(C)C4CCCCC4)nccn3c2=O)c1. The van der Waals surface area contributed by atoms with E-state index in [1.54, 1.807) is 12.4 Å². The first-order chi connectivity index (χ1) is 14.0. The van der Waals surface area contributed by atoms with Crippen LogP contribution in [0.3, 0.4) is 0 Å². The molecule has 1 aliphatic rings. The second kappa shape index (κ2) is 8.06. The summed E-state index contributed by atoms with van der Waals surface area (Å²) in [5, 5.41) is 7.25. The van der Waals surface area contributed by atoms with Crippen LogP contribution in [0, 0.1) is 6.92 Å². The van der Waals surface area contributed by atoms with Crippen molar-refractivity contribution in [3.05, 3.63) is 52.7 Å². The molecule has 0 atom stereocenters. The van der Waals surface area contributed by atoms with Gasteiger partial charge in [0.15, 0.2) is 5.82 Å². The van der Waals surface area contributed by atoms with Crippen LogP contribution in [0.5, 0.6) is 0 Å². The van der Waals surface area contributed by atoms with Crippen molar-refractivity contribution in [2.45, 2.75) is 51.6 Å². The van der Waals surface area contributed by atoms with Crippen LogP contribution in [0.1, 0.15) is 37.7 Å². The smallest absolute Gasteiger partial charge is 0.350 e. The van der Waals surface area contributed by atoms with Crippen molar-refractivity contribution in [3.63, 3.8) is 0 Å². The lowest BCUT2D eigenvalue weighted by atomic mass is 9.94. The van der Waals surface area contributed by atoms with Crippen LogP contribution in [0.15, 0.2) is 41.5 Å². The van der Waals surface area contributed by atoms with Gasteiger partial charge in [0, 0.05) is 31.2 Å². The van der Waals surface area contributed by atoms with E-state index in [9.17, 15) is 9.59 Å². The highest BCUT2D eigenvalue weighted by molar-refractivity contribution is 5.90. The number of carbonyl (C=O) groups excluding carboxylic acids is 1. The number of amides is 1. The summed E-state index contributed by atoms with van der Waals surface area (Å²) < 4.78 is 2.65. The van der Waals surface area contributed by atoms with E-state index in [1.807, 2.05) is 38.2 Å². The Morgan fingerprint density at radius 1 is 1.28 bits per heavy atom. The van der Waals surface area contributed by atoms with Crippen LogP contribution < -0.4 is 15.9 Å². The van der Waals surface area contributed by atoms with Gasteiger partial charge in [-0.25, -0.2) is 18.9 Å². The van der Waals surface area contributed by atoms with E-state index < -0.39 is 0 Å². The minimum Gasteiger partial charge on any atom is -0.354 e. The predicted octanol–water partition coefficient (Wildman–Crippen LogP) is 2.61. The first-order valence-electron chi connectivity index (χ1n) is 10.1. The molecular formula is C21H26N6O2. The van der Waals surface area contributed by atoms with Crippen LogP contribution in [-0.4, -0.2) is 38.2 Å². The van der Waals surface area contributed by atoms with Crippen LogP contribution in [0.2, 0.25) is 0 Å². The molecule has 0 aliphatic heterocycles. The summed E-state index contributed by atoms with van der Waals surface area (Å²) in [5.74, 6) is 0.380. The highest BCUT2D eigenvalue weighted by atomic mass is 16.2. The fourth-order valence-corrected chi connectivity index (χ4v) is 3.99. The molecule has 0 saturated heterocycles. The number of nitrogens with zero attached hydrogens (tertiary/aromatic N) is 5. The average Bonchev–Trinajstić information content (AvgIpc) is 3.03. The third-order valence-electron chi connectivity index (χ3n) is 5.53. The molecule has 1 fully saturated rings. The van der Waals surface area contributed by atoms with Gasteiger partial charge in [-0.3, -0.25) is 4.79 Å². The summed E-state index contributed by atoms with van der Waals surface area (Å²) >= 11 is 0. The van der Waals surface area contributed by atoms with E-state index in [-0.39, 0.29) is 18.1 Å². The Bertz CT molecular complexity index is 1080. The van der Waals surface area contributed by atoms with Gasteiger partial charge in [0.2, 0.25) is 11.6 Å². The Labute approximate surface area is 169 Å². The number of hydrogen-bond donors (Lipinski definition) is 1.